The summed E-state index contributed by atoms with van der Waals surface area (Å²) in [4.78, 5) is 36.0. The van der Waals surface area contributed by atoms with Gasteiger partial charge in [0.05, 0.1) is 24.4 Å². The normalized spacial score (nSPS) is 18.0. The Kier molecular flexibility index (Phi) is 5.46. The summed E-state index contributed by atoms with van der Waals surface area (Å²) in [5.41, 5.74) is 1.01. The lowest BCUT2D eigenvalue weighted by molar-refractivity contribution is -0.135. The molecule has 1 unspecified atom stereocenters. The fourth-order valence-electron chi connectivity index (χ4n) is 2.59. The number of amides is 2. The van der Waals surface area contributed by atoms with Crippen molar-refractivity contribution in [1.29, 1.82) is 0 Å². The molecule has 1 fully saturated rings. The summed E-state index contributed by atoms with van der Waals surface area (Å²) in [6.45, 7) is 3.03. The third-order valence-corrected chi connectivity index (χ3v) is 3.73. The topological polar surface area (TPSA) is 82.1 Å². The molecule has 0 radical (unpaired) electrons. The zero-order valence-corrected chi connectivity index (χ0v) is 12.6. The van der Waals surface area contributed by atoms with Crippen LogP contribution in [-0.4, -0.2) is 47.4 Å². The van der Waals surface area contributed by atoms with E-state index in [9.17, 15) is 14.5 Å². The number of nitrogens with zero attached hydrogens (tertiary/aromatic N) is 3. The molecule has 1 aliphatic heterocycles. The Hall–Kier alpha value is -2.44. The van der Waals surface area contributed by atoms with E-state index in [2.05, 4.69) is 10.6 Å². The van der Waals surface area contributed by atoms with Gasteiger partial charge in [-0.2, -0.15) is 0 Å². The highest BCUT2D eigenvalue weighted by Crippen LogP contribution is 2.13. The van der Waals surface area contributed by atoms with Gasteiger partial charge in [-0.25, -0.2) is 0 Å². The van der Waals surface area contributed by atoms with Crippen LogP contribution >= 0.6 is 0 Å². The lowest BCUT2D eigenvalue weighted by Crippen LogP contribution is -2.54. The molecule has 7 heteroatoms. The molecule has 1 aromatic rings. The summed E-state index contributed by atoms with van der Waals surface area (Å²) in [5.74, 6) is -0.237. The molecular formula is C15H20N4O3. The van der Waals surface area contributed by atoms with E-state index in [1.54, 1.807) is 4.90 Å². The van der Waals surface area contributed by atoms with Gasteiger partial charge in [0.25, 0.3) is 0 Å². The maximum Gasteiger partial charge on any atom is 0.222 e. The number of carbonyl (C=O) groups is 2. The van der Waals surface area contributed by atoms with Crippen molar-refractivity contribution >= 4 is 11.8 Å². The SMILES string of the molecule is CC(=O)N1CCN(N=O)CC1CC(=O)NCc1ccccc1. The Balaban J connectivity index is 1.89. The standard InChI is InChI=1S/C15H20N4O3/c1-12(20)19-8-7-18(17-22)11-14(19)9-15(21)16-10-13-5-3-2-4-6-13/h2-6,14H,7-11H2,1H3,(H,16,21). The van der Waals surface area contributed by atoms with Crippen molar-refractivity contribution in [3.8, 4) is 0 Å². The van der Waals surface area contributed by atoms with Crippen LogP contribution in [0.15, 0.2) is 35.6 Å². The largest absolute Gasteiger partial charge is 0.352 e. The van der Waals surface area contributed by atoms with Gasteiger partial charge in [0, 0.05) is 26.4 Å². The van der Waals surface area contributed by atoms with Gasteiger partial charge in [-0.1, -0.05) is 30.3 Å². The van der Waals surface area contributed by atoms with Gasteiger partial charge in [-0.15, -0.1) is 4.91 Å². The molecule has 118 valence electrons. The summed E-state index contributed by atoms with van der Waals surface area (Å²) >= 11 is 0. The summed E-state index contributed by atoms with van der Waals surface area (Å²) in [5, 5.41) is 7.10. The van der Waals surface area contributed by atoms with Gasteiger partial charge in [-0.05, 0) is 5.56 Å². The van der Waals surface area contributed by atoms with Crippen molar-refractivity contribution in [3.05, 3.63) is 40.8 Å². The molecule has 1 aliphatic rings. The van der Waals surface area contributed by atoms with Gasteiger partial charge in [-0.3, -0.25) is 14.6 Å². The van der Waals surface area contributed by atoms with Crippen LogP contribution in [0.25, 0.3) is 0 Å². The summed E-state index contributed by atoms with van der Waals surface area (Å²) < 4.78 is 0. The molecule has 2 amide bonds. The van der Waals surface area contributed by atoms with E-state index in [1.165, 1.54) is 11.9 Å². The first-order chi connectivity index (χ1) is 10.6. The van der Waals surface area contributed by atoms with Gasteiger partial charge in [0.1, 0.15) is 0 Å². The molecule has 22 heavy (non-hydrogen) atoms. The van der Waals surface area contributed by atoms with Crippen LogP contribution in [0.4, 0.5) is 0 Å². The number of benzene rings is 1. The molecule has 7 nitrogen and oxygen atoms in total. The van der Waals surface area contributed by atoms with Crippen molar-refractivity contribution < 1.29 is 9.59 Å². The average molecular weight is 304 g/mol. The first-order valence-corrected chi connectivity index (χ1v) is 7.26. The van der Waals surface area contributed by atoms with Gasteiger partial charge < -0.3 is 10.2 Å². The molecule has 0 spiro atoms. The van der Waals surface area contributed by atoms with Crippen LogP contribution in [-0.2, 0) is 16.1 Å². The van der Waals surface area contributed by atoms with E-state index in [-0.39, 0.29) is 24.3 Å². The molecular weight excluding hydrogens is 284 g/mol. The molecule has 0 bridgehead atoms. The lowest BCUT2D eigenvalue weighted by Gasteiger charge is -2.38. The first kappa shape index (κ1) is 15.9. The Bertz CT molecular complexity index is 535. The predicted molar refractivity (Wildman–Crippen MR) is 81.4 cm³/mol. The third kappa shape index (κ3) is 4.28. The monoisotopic (exact) mass is 304 g/mol. The maximum absolute atomic E-state index is 12.1. The van der Waals surface area contributed by atoms with E-state index < -0.39 is 0 Å². The van der Waals surface area contributed by atoms with Crippen LogP contribution in [0.1, 0.15) is 18.9 Å². The number of rotatable bonds is 5. The highest BCUT2D eigenvalue weighted by Gasteiger charge is 2.30. The van der Waals surface area contributed by atoms with Crippen LogP contribution in [0.3, 0.4) is 0 Å². The number of nitroso groups, excluding NO2 is 1. The molecule has 1 heterocycles. The lowest BCUT2D eigenvalue weighted by atomic mass is 10.1. The first-order valence-electron chi connectivity index (χ1n) is 7.26. The summed E-state index contributed by atoms with van der Waals surface area (Å²) in [6, 6.07) is 9.28. The van der Waals surface area contributed by atoms with E-state index in [4.69, 9.17) is 0 Å². The fourth-order valence-corrected chi connectivity index (χ4v) is 2.59. The van der Waals surface area contributed by atoms with Crippen molar-refractivity contribution in [2.45, 2.75) is 25.9 Å². The fraction of sp³-hybridized carbons (Fsp3) is 0.467. The Labute approximate surface area is 129 Å². The predicted octanol–water partition coefficient (Wildman–Crippen LogP) is 0.907. The highest BCUT2D eigenvalue weighted by molar-refractivity contribution is 5.79. The van der Waals surface area contributed by atoms with Gasteiger partial charge in [0.2, 0.25) is 11.8 Å². The number of nitrogens with one attached hydrogen (secondary N) is 1. The van der Waals surface area contributed by atoms with Crippen molar-refractivity contribution in [3.63, 3.8) is 0 Å². The van der Waals surface area contributed by atoms with Crippen LogP contribution < -0.4 is 5.32 Å². The minimum absolute atomic E-state index is 0.0913. The number of carbonyl (C=O) groups excluding carboxylic acids is 2. The zero-order chi connectivity index (χ0) is 15.9. The summed E-state index contributed by atoms with van der Waals surface area (Å²) in [7, 11) is 0. The molecule has 1 atom stereocenters. The number of hydrogen-bond acceptors (Lipinski definition) is 4. The van der Waals surface area contributed by atoms with Gasteiger partial charge >= 0.3 is 0 Å². The third-order valence-electron chi connectivity index (χ3n) is 3.73. The molecule has 1 aromatic carbocycles. The van der Waals surface area contributed by atoms with E-state index in [1.807, 2.05) is 30.3 Å². The van der Waals surface area contributed by atoms with Crippen molar-refractivity contribution in [2.24, 2.45) is 5.29 Å². The van der Waals surface area contributed by atoms with Crippen molar-refractivity contribution in [2.75, 3.05) is 19.6 Å². The maximum atomic E-state index is 12.1. The van der Waals surface area contributed by atoms with E-state index in [0.717, 1.165) is 5.56 Å². The number of hydrogen-bond donors (Lipinski definition) is 1. The minimum Gasteiger partial charge on any atom is -0.352 e. The van der Waals surface area contributed by atoms with Gasteiger partial charge in [0.15, 0.2) is 0 Å². The second-order valence-electron chi connectivity index (χ2n) is 5.33. The van der Waals surface area contributed by atoms with Crippen LogP contribution in [0.2, 0.25) is 0 Å². The summed E-state index contributed by atoms with van der Waals surface area (Å²) in [6.07, 6.45) is 0.165. The Morgan fingerprint density at radius 2 is 2.00 bits per heavy atom. The Morgan fingerprint density at radius 1 is 1.27 bits per heavy atom. The zero-order valence-electron chi connectivity index (χ0n) is 12.6. The second-order valence-corrected chi connectivity index (χ2v) is 5.33. The number of piperazine rings is 1. The molecule has 0 aromatic heterocycles. The molecule has 2 rings (SSSR count). The van der Waals surface area contributed by atoms with Crippen LogP contribution in [0, 0.1) is 4.91 Å². The highest BCUT2D eigenvalue weighted by atomic mass is 16.3. The smallest absolute Gasteiger partial charge is 0.222 e. The van der Waals surface area contributed by atoms with Crippen LogP contribution in [0.5, 0.6) is 0 Å². The molecule has 1 saturated heterocycles. The van der Waals surface area contributed by atoms with E-state index in [0.29, 0.717) is 26.2 Å². The van der Waals surface area contributed by atoms with E-state index >= 15 is 0 Å². The molecule has 0 aliphatic carbocycles. The molecule has 0 saturated carbocycles. The minimum atomic E-state index is -0.320. The average Bonchev–Trinajstić information content (AvgIpc) is 2.53. The van der Waals surface area contributed by atoms with Crippen molar-refractivity contribution in [1.82, 2.24) is 15.2 Å². The quantitative estimate of drug-likeness (QED) is 0.820. The second kappa shape index (κ2) is 7.53. The molecule has 1 N–H and O–H groups in total. The Morgan fingerprint density at radius 3 is 2.64 bits per heavy atom.